The Morgan fingerprint density at radius 1 is 1.18 bits per heavy atom. The number of hydrogen-bond acceptors (Lipinski definition) is 2. The normalized spacial score (nSPS) is 17.7. The van der Waals surface area contributed by atoms with Crippen molar-refractivity contribution in [2.75, 3.05) is 19.6 Å². The first kappa shape index (κ1) is 13.5. The van der Waals surface area contributed by atoms with Gasteiger partial charge in [-0.25, -0.2) is 0 Å². The van der Waals surface area contributed by atoms with E-state index in [1.807, 2.05) is 0 Å². The molecular formula is C8H22N2O. The lowest BCUT2D eigenvalue weighted by Gasteiger charge is -2.16. The minimum Gasteiger partial charge on any atom is -0.412 e. The Morgan fingerprint density at radius 3 is 2.00 bits per heavy atom. The topological polar surface area (TPSA) is 69.7 Å². The molecular weight excluding hydrogens is 140 g/mol. The minimum absolute atomic E-state index is 0. The summed E-state index contributed by atoms with van der Waals surface area (Å²) >= 11 is 0. The molecule has 11 heavy (non-hydrogen) atoms. The van der Waals surface area contributed by atoms with Crippen molar-refractivity contribution in [2.24, 2.45) is 5.92 Å². The summed E-state index contributed by atoms with van der Waals surface area (Å²) in [7, 11) is 0. The zero-order valence-electron chi connectivity index (χ0n) is 7.77. The minimum atomic E-state index is 0. The van der Waals surface area contributed by atoms with Crippen molar-refractivity contribution in [3.63, 3.8) is 0 Å². The summed E-state index contributed by atoms with van der Waals surface area (Å²) in [6.45, 7) is 8.58. The first-order valence-corrected chi connectivity index (χ1v) is 4.01. The molecule has 3 nitrogen and oxygen atoms in total. The maximum absolute atomic E-state index is 2.56. The lowest BCUT2D eigenvalue weighted by molar-refractivity contribution is 0.298. The lowest BCUT2D eigenvalue weighted by Crippen LogP contribution is -2.23. The fourth-order valence-electron chi connectivity index (χ4n) is 1.48. The number of likely N-dealkylation sites (tertiary alicyclic amines) is 1. The van der Waals surface area contributed by atoms with Gasteiger partial charge in [-0.05, 0) is 31.8 Å². The van der Waals surface area contributed by atoms with Crippen LogP contribution in [0.5, 0.6) is 0 Å². The van der Waals surface area contributed by atoms with Crippen molar-refractivity contribution in [1.29, 1.82) is 0 Å². The van der Waals surface area contributed by atoms with Crippen LogP contribution in [0.25, 0.3) is 0 Å². The summed E-state index contributed by atoms with van der Waals surface area (Å²) in [5, 5.41) is 0. The molecule has 1 aliphatic heterocycles. The van der Waals surface area contributed by atoms with E-state index in [2.05, 4.69) is 18.7 Å². The molecule has 70 valence electrons. The fraction of sp³-hybridized carbons (Fsp3) is 1.00. The van der Waals surface area contributed by atoms with Gasteiger partial charge in [0.2, 0.25) is 0 Å². The lowest BCUT2D eigenvalue weighted by atomic mass is 10.2. The summed E-state index contributed by atoms with van der Waals surface area (Å²) < 4.78 is 0. The van der Waals surface area contributed by atoms with E-state index in [-0.39, 0.29) is 11.6 Å². The molecule has 0 unspecified atom stereocenters. The Labute approximate surface area is 69.7 Å². The molecule has 0 amide bonds. The SMILES string of the molecule is CC(C)CN1CCCC1.N.O. The molecule has 0 aliphatic carbocycles. The van der Waals surface area contributed by atoms with Crippen molar-refractivity contribution in [3.8, 4) is 0 Å². The van der Waals surface area contributed by atoms with Gasteiger partial charge in [0, 0.05) is 6.54 Å². The van der Waals surface area contributed by atoms with Crippen LogP contribution in [0, 0.1) is 5.92 Å². The molecule has 0 radical (unpaired) electrons. The number of hydrogen-bond donors (Lipinski definition) is 1. The summed E-state index contributed by atoms with van der Waals surface area (Å²) in [5.74, 6) is 0.850. The van der Waals surface area contributed by atoms with E-state index in [1.54, 1.807) is 0 Å². The average molecular weight is 162 g/mol. The smallest absolute Gasteiger partial charge is 0.000438 e. The van der Waals surface area contributed by atoms with Gasteiger partial charge in [0.25, 0.3) is 0 Å². The molecule has 1 saturated heterocycles. The van der Waals surface area contributed by atoms with Crippen molar-refractivity contribution < 1.29 is 5.48 Å². The molecule has 1 heterocycles. The maximum Gasteiger partial charge on any atom is 0.000438 e. The Kier molecular flexibility index (Phi) is 8.06. The largest absolute Gasteiger partial charge is 0.412 e. The van der Waals surface area contributed by atoms with Gasteiger partial charge in [-0.3, -0.25) is 0 Å². The van der Waals surface area contributed by atoms with E-state index in [0.717, 1.165) is 5.92 Å². The van der Waals surface area contributed by atoms with Gasteiger partial charge in [0.1, 0.15) is 0 Å². The predicted molar refractivity (Wildman–Crippen MR) is 49.1 cm³/mol. The quantitative estimate of drug-likeness (QED) is 0.660. The highest BCUT2D eigenvalue weighted by atomic mass is 16.0. The van der Waals surface area contributed by atoms with Crippen LogP contribution in [0.2, 0.25) is 0 Å². The van der Waals surface area contributed by atoms with E-state index < -0.39 is 0 Å². The van der Waals surface area contributed by atoms with Crippen molar-refractivity contribution in [2.45, 2.75) is 26.7 Å². The monoisotopic (exact) mass is 162 g/mol. The van der Waals surface area contributed by atoms with E-state index in [9.17, 15) is 0 Å². The third kappa shape index (κ3) is 5.18. The fourth-order valence-corrected chi connectivity index (χ4v) is 1.48. The van der Waals surface area contributed by atoms with Gasteiger partial charge in [-0.1, -0.05) is 13.8 Å². The second-order valence-corrected chi connectivity index (χ2v) is 3.40. The third-order valence-electron chi connectivity index (χ3n) is 1.82. The highest BCUT2D eigenvalue weighted by Crippen LogP contribution is 2.09. The van der Waals surface area contributed by atoms with Crippen LogP contribution >= 0.6 is 0 Å². The molecule has 0 saturated carbocycles. The van der Waals surface area contributed by atoms with Gasteiger partial charge in [0.05, 0.1) is 0 Å². The summed E-state index contributed by atoms with van der Waals surface area (Å²) in [6, 6.07) is 0. The van der Waals surface area contributed by atoms with E-state index in [4.69, 9.17) is 0 Å². The van der Waals surface area contributed by atoms with Crippen LogP contribution in [0.3, 0.4) is 0 Å². The highest BCUT2D eigenvalue weighted by molar-refractivity contribution is 4.66. The number of nitrogens with zero attached hydrogens (tertiary/aromatic N) is 1. The van der Waals surface area contributed by atoms with Crippen LogP contribution in [0.1, 0.15) is 26.7 Å². The van der Waals surface area contributed by atoms with E-state index in [1.165, 1.54) is 32.5 Å². The van der Waals surface area contributed by atoms with Crippen LogP contribution in [0.15, 0.2) is 0 Å². The molecule has 5 N–H and O–H groups in total. The van der Waals surface area contributed by atoms with Gasteiger partial charge in [-0.15, -0.1) is 0 Å². The molecule has 0 aromatic carbocycles. The molecule has 1 rings (SSSR count). The van der Waals surface area contributed by atoms with Crippen molar-refractivity contribution in [3.05, 3.63) is 0 Å². The molecule has 1 aliphatic rings. The van der Waals surface area contributed by atoms with Crippen LogP contribution in [0.4, 0.5) is 0 Å². The van der Waals surface area contributed by atoms with E-state index in [0.29, 0.717) is 0 Å². The first-order chi connectivity index (χ1) is 4.29. The summed E-state index contributed by atoms with van der Waals surface area (Å²) in [4.78, 5) is 2.56. The molecule has 0 aromatic rings. The molecule has 0 aromatic heterocycles. The Morgan fingerprint density at radius 2 is 1.64 bits per heavy atom. The van der Waals surface area contributed by atoms with Crippen molar-refractivity contribution >= 4 is 0 Å². The van der Waals surface area contributed by atoms with Gasteiger partial charge in [-0.2, -0.15) is 0 Å². The van der Waals surface area contributed by atoms with Crippen molar-refractivity contribution in [1.82, 2.24) is 11.1 Å². The average Bonchev–Trinajstić information content (AvgIpc) is 2.15. The van der Waals surface area contributed by atoms with Crippen LogP contribution in [-0.2, 0) is 0 Å². The Hall–Kier alpha value is -0.120. The van der Waals surface area contributed by atoms with Crippen LogP contribution < -0.4 is 6.15 Å². The summed E-state index contributed by atoms with van der Waals surface area (Å²) in [6.07, 6.45) is 2.85. The zero-order valence-corrected chi connectivity index (χ0v) is 7.77. The molecule has 1 fully saturated rings. The Bertz CT molecular complexity index is 80.2. The predicted octanol–water partition coefficient (Wildman–Crippen LogP) is 1.08. The first-order valence-electron chi connectivity index (χ1n) is 4.01. The zero-order chi connectivity index (χ0) is 6.69. The Balaban J connectivity index is 0. The van der Waals surface area contributed by atoms with Crippen LogP contribution in [-0.4, -0.2) is 30.0 Å². The molecule has 0 bridgehead atoms. The second kappa shape index (κ2) is 6.58. The molecule has 0 spiro atoms. The number of rotatable bonds is 2. The molecule has 3 heteroatoms. The molecule has 0 atom stereocenters. The third-order valence-corrected chi connectivity index (χ3v) is 1.82. The maximum atomic E-state index is 2.56. The standard InChI is InChI=1S/C8H17N.H3N.H2O/c1-8(2)7-9-5-3-4-6-9;;/h8H,3-7H2,1-2H3;1H3;1H2. The summed E-state index contributed by atoms with van der Waals surface area (Å²) in [5.41, 5.74) is 0. The van der Waals surface area contributed by atoms with Gasteiger partial charge >= 0.3 is 0 Å². The van der Waals surface area contributed by atoms with Gasteiger partial charge in [0.15, 0.2) is 0 Å². The highest BCUT2D eigenvalue weighted by Gasteiger charge is 2.11. The van der Waals surface area contributed by atoms with Gasteiger partial charge < -0.3 is 16.5 Å². The second-order valence-electron chi connectivity index (χ2n) is 3.40. The van der Waals surface area contributed by atoms with E-state index >= 15 is 0 Å².